The lowest BCUT2D eigenvalue weighted by Crippen LogP contribution is -2.34. The van der Waals surface area contributed by atoms with Crippen LogP contribution in [0.15, 0.2) is 11.0 Å². The van der Waals surface area contributed by atoms with E-state index in [0.717, 1.165) is 15.9 Å². The van der Waals surface area contributed by atoms with Gasteiger partial charge in [-0.25, -0.2) is 9.78 Å². The van der Waals surface area contributed by atoms with Crippen molar-refractivity contribution in [3.05, 3.63) is 15.9 Å². The number of anilines is 1. The molecule has 1 aliphatic rings. The van der Waals surface area contributed by atoms with Crippen LogP contribution in [0.2, 0.25) is 0 Å². The molecule has 3 heterocycles. The summed E-state index contributed by atoms with van der Waals surface area (Å²) in [4.78, 5) is 31.4. The molecule has 27 heavy (non-hydrogen) atoms. The van der Waals surface area contributed by atoms with Gasteiger partial charge in [-0.05, 0) is 13.8 Å². The fourth-order valence-electron chi connectivity index (χ4n) is 2.85. The van der Waals surface area contributed by atoms with Crippen LogP contribution in [0.4, 0.5) is 10.7 Å². The largest absolute Gasteiger partial charge is 0.508 e. The van der Waals surface area contributed by atoms with Gasteiger partial charge in [-0.1, -0.05) is 11.3 Å². The molecule has 3 rings (SSSR count). The van der Waals surface area contributed by atoms with Crippen molar-refractivity contribution in [3.8, 4) is 0 Å². The molecule has 0 saturated carbocycles. The Labute approximate surface area is 157 Å². The summed E-state index contributed by atoms with van der Waals surface area (Å²) in [6.07, 6.45) is -3.04. The molecule has 0 amide bonds. The zero-order valence-corrected chi connectivity index (χ0v) is 15.5. The van der Waals surface area contributed by atoms with E-state index in [-0.39, 0.29) is 24.3 Å². The monoisotopic (exact) mass is 400 g/mol. The molecule has 4 atom stereocenters. The van der Waals surface area contributed by atoms with Gasteiger partial charge < -0.3 is 30.2 Å². The van der Waals surface area contributed by atoms with Gasteiger partial charge in [0.1, 0.15) is 12.7 Å². The van der Waals surface area contributed by atoms with Crippen molar-refractivity contribution in [2.24, 2.45) is 5.92 Å². The fourth-order valence-corrected chi connectivity index (χ4v) is 3.67. The summed E-state index contributed by atoms with van der Waals surface area (Å²) >= 11 is 0.879. The zero-order valence-electron chi connectivity index (χ0n) is 14.6. The van der Waals surface area contributed by atoms with E-state index in [4.69, 9.17) is 19.9 Å². The topological polar surface area (TPSA) is 159 Å². The van der Waals surface area contributed by atoms with E-state index in [1.165, 1.54) is 6.20 Å². The molecule has 0 unspecified atom stereocenters. The minimum atomic E-state index is -1.24. The number of carbonyl (C=O) groups excluding carboxylic acids is 1. The molecule has 2 aromatic heterocycles. The standard InChI is InChI=1S/C15H20N4O7S/c1-6(2)25-15(23)24-5-7-8(4-20)26-12(10(7)21)19-11-9(27-14(19)22)3-17-13(16)18-11/h3,6-8,10,12,20-21H,4-5H2,1-2H3,(H2,16,17,18)/t7-,8+,10+,12+/m0/s1. The maximum absolute atomic E-state index is 12.4. The Balaban J connectivity index is 1.84. The summed E-state index contributed by atoms with van der Waals surface area (Å²) in [7, 11) is 0. The van der Waals surface area contributed by atoms with Crippen molar-refractivity contribution in [1.82, 2.24) is 14.5 Å². The first kappa shape index (κ1) is 19.5. The number of aliphatic hydroxyl groups excluding tert-OH is 2. The number of hydrogen-bond donors (Lipinski definition) is 3. The van der Waals surface area contributed by atoms with Gasteiger partial charge in [0.05, 0.1) is 35.6 Å². The van der Waals surface area contributed by atoms with Gasteiger partial charge in [-0.15, -0.1) is 0 Å². The number of fused-ring (bicyclic) bond motifs is 1. The maximum Gasteiger partial charge on any atom is 0.508 e. The summed E-state index contributed by atoms with van der Waals surface area (Å²) in [6, 6.07) is 0. The Morgan fingerprint density at radius 2 is 2.26 bits per heavy atom. The molecule has 4 N–H and O–H groups in total. The van der Waals surface area contributed by atoms with Crippen LogP contribution < -0.4 is 10.6 Å². The number of nitrogens with two attached hydrogens (primary N) is 1. The highest BCUT2D eigenvalue weighted by atomic mass is 32.1. The number of thiazole rings is 1. The van der Waals surface area contributed by atoms with Crippen LogP contribution in [-0.4, -0.2) is 62.4 Å². The van der Waals surface area contributed by atoms with Crippen LogP contribution in [0, 0.1) is 5.92 Å². The van der Waals surface area contributed by atoms with Gasteiger partial charge in [0.15, 0.2) is 11.9 Å². The first-order chi connectivity index (χ1) is 12.8. The molecule has 1 saturated heterocycles. The van der Waals surface area contributed by atoms with E-state index in [9.17, 15) is 19.8 Å². The molecule has 1 aliphatic heterocycles. The maximum atomic E-state index is 12.4. The molecule has 0 aromatic carbocycles. The van der Waals surface area contributed by atoms with E-state index < -0.39 is 42.0 Å². The van der Waals surface area contributed by atoms with Crippen LogP contribution in [0.5, 0.6) is 0 Å². The Morgan fingerprint density at radius 3 is 2.93 bits per heavy atom. The Bertz CT molecular complexity index is 883. The van der Waals surface area contributed by atoms with Gasteiger partial charge in [-0.2, -0.15) is 4.98 Å². The normalized spacial score (nSPS) is 25.2. The molecule has 0 spiro atoms. The van der Waals surface area contributed by atoms with Crippen LogP contribution in [0.1, 0.15) is 20.1 Å². The van der Waals surface area contributed by atoms with Crippen LogP contribution in [0.25, 0.3) is 10.3 Å². The van der Waals surface area contributed by atoms with Crippen LogP contribution >= 0.6 is 11.3 Å². The highest BCUT2D eigenvalue weighted by Gasteiger charge is 2.46. The molecular weight excluding hydrogens is 380 g/mol. The summed E-state index contributed by atoms with van der Waals surface area (Å²) in [5, 5.41) is 20.2. The lowest BCUT2D eigenvalue weighted by Gasteiger charge is -2.19. The quantitative estimate of drug-likeness (QED) is 0.577. The van der Waals surface area contributed by atoms with Crippen molar-refractivity contribution in [2.45, 2.75) is 38.4 Å². The Kier molecular flexibility index (Phi) is 5.60. The predicted molar refractivity (Wildman–Crippen MR) is 94.1 cm³/mol. The number of hydrogen-bond acceptors (Lipinski definition) is 11. The van der Waals surface area contributed by atoms with Crippen molar-refractivity contribution >= 4 is 33.8 Å². The van der Waals surface area contributed by atoms with Crippen molar-refractivity contribution < 1.29 is 29.2 Å². The highest BCUT2D eigenvalue weighted by Crippen LogP contribution is 2.35. The summed E-state index contributed by atoms with van der Waals surface area (Å²) in [5.74, 6) is -0.794. The van der Waals surface area contributed by atoms with Gasteiger partial charge in [-0.3, -0.25) is 9.36 Å². The smallest absolute Gasteiger partial charge is 0.434 e. The van der Waals surface area contributed by atoms with E-state index in [1.807, 2.05) is 0 Å². The third-order valence-corrected chi connectivity index (χ3v) is 4.94. The van der Waals surface area contributed by atoms with E-state index in [0.29, 0.717) is 4.70 Å². The number of aromatic nitrogens is 3. The summed E-state index contributed by atoms with van der Waals surface area (Å²) in [6.45, 7) is 2.66. The summed E-state index contributed by atoms with van der Waals surface area (Å²) < 4.78 is 17.2. The molecule has 0 radical (unpaired) electrons. The predicted octanol–water partition coefficient (Wildman–Crippen LogP) is -0.136. The molecular formula is C15H20N4O7S. The molecule has 0 bridgehead atoms. The molecule has 11 nitrogen and oxygen atoms in total. The average Bonchev–Trinajstić information content (AvgIpc) is 3.08. The number of rotatable bonds is 5. The minimum absolute atomic E-state index is 0.0310. The fraction of sp³-hybridized carbons (Fsp3) is 0.600. The second kappa shape index (κ2) is 7.76. The van der Waals surface area contributed by atoms with Crippen molar-refractivity contribution in [1.29, 1.82) is 0 Å². The second-order valence-electron chi connectivity index (χ2n) is 6.28. The number of nitrogens with zero attached hydrogens (tertiary/aromatic N) is 3. The van der Waals surface area contributed by atoms with Gasteiger partial charge in [0.25, 0.3) is 0 Å². The lowest BCUT2D eigenvalue weighted by atomic mass is 9.99. The Morgan fingerprint density at radius 1 is 1.52 bits per heavy atom. The van der Waals surface area contributed by atoms with Gasteiger partial charge in [0, 0.05) is 0 Å². The molecule has 148 valence electrons. The first-order valence-corrected chi connectivity index (χ1v) is 9.04. The molecule has 1 fully saturated rings. The number of ether oxygens (including phenoxy) is 3. The van der Waals surface area contributed by atoms with E-state index >= 15 is 0 Å². The highest BCUT2D eigenvalue weighted by molar-refractivity contribution is 7.16. The van der Waals surface area contributed by atoms with Gasteiger partial charge >= 0.3 is 11.0 Å². The lowest BCUT2D eigenvalue weighted by molar-refractivity contribution is -0.0508. The number of nitrogen functional groups attached to an aromatic ring is 1. The SMILES string of the molecule is CC(C)OC(=O)OC[C@@H]1[C@@H](O)[C@H](n2c(=O)sc3cnc(N)nc32)O[C@@H]1CO. The Hall–Kier alpha value is -2.28. The molecule has 0 aliphatic carbocycles. The van der Waals surface area contributed by atoms with Crippen LogP contribution in [-0.2, 0) is 14.2 Å². The minimum Gasteiger partial charge on any atom is -0.434 e. The van der Waals surface area contributed by atoms with E-state index in [1.54, 1.807) is 13.8 Å². The first-order valence-electron chi connectivity index (χ1n) is 8.23. The van der Waals surface area contributed by atoms with Crippen LogP contribution in [0.3, 0.4) is 0 Å². The molecule has 12 heteroatoms. The van der Waals surface area contributed by atoms with Crippen molar-refractivity contribution in [3.63, 3.8) is 0 Å². The summed E-state index contributed by atoms with van der Waals surface area (Å²) in [5.41, 5.74) is 5.81. The third-order valence-electron chi connectivity index (χ3n) is 4.06. The second-order valence-corrected chi connectivity index (χ2v) is 7.28. The van der Waals surface area contributed by atoms with E-state index in [2.05, 4.69) is 9.97 Å². The number of aliphatic hydroxyl groups is 2. The average molecular weight is 400 g/mol. The van der Waals surface area contributed by atoms with Crippen molar-refractivity contribution in [2.75, 3.05) is 18.9 Å². The third kappa shape index (κ3) is 3.88. The van der Waals surface area contributed by atoms with Gasteiger partial charge in [0.2, 0.25) is 5.95 Å². The molecule has 2 aromatic rings. The number of carbonyl (C=O) groups is 1. The zero-order chi connectivity index (χ0) is 19.7.